The maximum absolute atomic E-state index is 11.9. The molecule has 0 fully saturated rings. The van der Waals surface area contributed by atoms with Gasteiger partial charge in [-0.2, -0.15) is 0 Å². The van der Waals surface area contributed by atoms with Crippen molar-refractivity contribution in [1.82, 2.24) is 5.32 Å². The lowest BCUT2D eigenvalue weighted by Gasteiger charge is -2.14. The molecule has 1 atom stereocenters. The van der Waals surface area contributed by atoms with Crippen molar-refractivity contribution in [2.24, 2.45) is 5.73 Å². The number of rotatable bonds is 5. The van der Waals surface area contributed by atoms with E-state index in [1.807, 2.05) is 12.1 Å². The third kappa shape index (κ3) is 3.79. The summed E-state index contributed by atoms with van der Waals surface area (Å²) in [5.74, 6) is -0.650. The topological polar surface area (TPSA) is 84.2 Å². The van der Waals surface area contributed by atoms with E-state index in [0.717, 1.165) is 5.69 Å². The molecule has 0 spiro atoms. The highest BCUT2D eigenvalue weighted by molar-refractivity contribution is 5.99. The first-order chi connectivity index (χ1) is 8.04. The van der Waals surface area contributed by atoms with Crippen LogP contribution in [-0.2, 0) is 4.79 Å². The van der Waals surface area contributed by atoms with Crippen molar-refractivity contribution in [3.8, 4) is 0 Å². The van der Waals surface area contributed by atoms with Crippen molar-refractivity contribution >= 4 is 17.5 Å². The SMILES string of the molecule is CNc1ccccc1C(=O)NC(C)CC(N)=O. The number of carbonyl (C=O) groups is 2. The summed E-state index contributed by atoms with van der Waals surface area (Å²) in [7, 11) is 1.75. The molecule has 0 aliphatic rings. The maximum Gasteiger partial charge on any atom is 0.253 e. The number of nitrogens with two attached hydrogens (primary N) is 1. The molecule has 0 bridgehead atoms. The molecule has 0 radical (unpaired) electrons. The van der Waals surface area contributed by atoms with Gasteiger partial charge in [-0.1, -0.05) is 12.1 Å². The quantitative estimate of drug-likeness (QED) is 0.703. The van der Waals surface area contributed by atoms with E-state index in [9.17, 15) is 9.59 Å². The number of primary amides is 1. The van der Waals surface area contributed by atoms with Crippen LogP contribution in [0.3, 0.4) is 0 Å². The smallest absolute Gasteiger partial charge is 0.253 e. The van der Waals surface area contributed by atoms with Crippen molar-refractivity contribution in [3.05, 3.63) is 29.8 Å². The Morgan fingerprint density at radius 2 is 2.00 bits per heavy atom. The first kappa shape index (κ1) is 13.0. The predicted molar refractivity (Wildman–Crippen MR) is 66.7 cm³/mol. The molecule has 0 aliphatic heterocycles. The van der Waals surface area contributed by atoms with Crippen LogP contribution in [0.2, 0.25) is 0 Å². The third-order valence-electron chi connectivity index (χ3n) is 2.33. The Balaban J connectivity index is 2.72. The molecule has 0 saturated heterocycles. The van der Waals surface area contributed by atoms with Crippen molar-refractivity contribution in [1.29, 1.82) is 0 Å². The molecule has 1 rings (SSSR count). The monoisotopic (exact) mass is 235 g/mol. The minimum atomic E-state index is -0.431. The fourth-order valence-electron chi connectivity index (χ4n) is 1.55. The number of carbonyl (C=O) groups excluding carboxylic acids is 2. The third-order valence-corrected chi connectivity index (χ3v) is 2.33. The molecule has 5 heteroatoms. The minimum Gasteiger partial charge on any atom is -0.387 e. The number of benzene rings is 1. The number of para-hydroxylation sites is 1. The van der Waals surface area contributed by atoms with E-state index in [1.54, 1.807) is 26.1 Å². The van der Waals surface area contributed by atoms with Gasteiger partial charge in [-0.3, -0.25) is 9.59 Å². The van der Waals surface area contributed by atoms with Crippen molar-refractivity contribution in [2.45, 2.75) is 19.4 Å². The lowest BCUT2D eigenvalue weighted by molar-refractivity contribution is -0.118. The lowest BCUT2D eigenvalue weighted by Crippen LogP contribution is -2.35. The van der Waals surface area contributed by atoms with Crippen LogP contribution >= 0.6 is 0 Å². The van der Waals surface area contributed by atoms with E-state index in [4.69, 9.17) is 5.73 Å². The molecule has 0 aliphatic carbocycles. The average Bonchev–Trinajstić information content (AvgIpc) is 2.27. The van der Waals surface area contributed by atoms with E-state index in [0.29, 0.717) is 5.56 Å². The van der Waals surface area contributed by atoms with Crippen molar-refractivity contribution in [2.75, 3.05) is 12.4 Å². The Bertz CT molecular complexity index is 418. The van der Waals surface area contributed by atoms with Crippen LogP contribution in [0.25, 0.3) is 0 Å². The zero-order valence-corrected chi connectivity index (χ0v) is 9.99. The number of hydrogen-bond acceptors (Lipinski definition) is 3. The second-order valence-electron chi connectivity index (χ2n) is 3.84. The second kappa shape index (κ2) is 5.89. The second-order valence-corrected chi connectivity index (χ2v) is 3.84. The van der Waals surface area contributed by atoms with Gasteiger partial charge in [0, 0.05) is 25.2 Å². The minimum absolute atomic E-state index is 0.132. The van der Waals surface area contributed by atoms with Crippen LogP contribution in [0.5, 0.6) is 0 Å². The Labute approximate surface area is 100 Å². The zero-order chi connectivity index (χ0) is 12.8. The normalized spacial score (nSPS) is 11.6. The molecule has 4 N–H and O–H groups in total. The van der Waals surface area contributed by atoms with E-state index in [-0.39, 0.29) is 18.4 Å². The fourth-order valence-corrected chi connectivity index (χ4v) is 1.55. The first-order valence-electron chi connectivity index (χ1n) is 5.40. The van der Waals surface area contributed by atoms with Gasteiger partial charge in [-0.05, 0) is 19.1 Å². The first-order valence-corrected chi connectivity index (χ1v) is 5.40. The van der Waals surface area contributed by atoms with E-state index in [2.05, 4.69) is 10.6 Å². The van der Waals surface area contributed by atoms with Crippen LogP contribution in [0.15, 0.2) is 24.3 Å². The van der Waals surface area contributed by atoms with Crippen LogP contribution in [0.1, 0.15) is 23.7 Å². The van der Waals surface area contributed by atoms with E-state index >= 15 is 0 Å². The van der Waals surface area contributed by atoms with Crippen LogP contribution in [-0.4, -0.2) is 24.9 Å². The molecule has 0 saturated carbocycles. The van der Waals surface area contributed by atoms with Crippen molar-refractivity contribution in [3.63, 3.8) is 0 Å². The lowest BCUT2D eigenvalue weighted by atomic mass is 10.1. The number of nitrogens with one attached hydrogen (secondary N) is 2. The van der Waals surface area contributed by atoms with Crippen LogP contribution < -0.4 is 16.4 Å². The molecule has 2 amide bonds. The summed E-state index contributed by atoms with van der Waals surface area (Å²) >= 11 is 0. The summed E-state index contributed by atoms with van der Waals surface area (Å²) in [5.41, 5.74) is 6.36. The molecule has 17 heavy (non-hydrogen) atoms. The molecule has 1 unspecified atom stereocenters. The summed E-state index contributed by atoms with van der Waals surface area (Å²) in [4.78, 5) is 22.6. The van der Waals surface area contributed by atoms with E-state index < -0.39 is 5.91 Å². The number of anilines is 1. The highest BCUT2D eigenvalue weighted by Gasteiger charge is 2.13. The maximum atomic E-state index is 11.9. The molecular weight excluding hydrogens is 218 g/mol. The highest BCUT2D eigenvalue weighted by atomic mass is 16.2. The molecule has 5 nitrogen and oxygen atoms in total. The Kier molecular flexibility index (Phi) is 4.51. The number of amides is 2. The molecule has 1 aromatic rings. The Hall–Kier alpha value is -2.04. The summed E-state index contributed by atoms with van der Waals surface area (Å²) in [6.07, 6.45) is 0.132. The van der Waals surface area contributed by atoms with Gasteiger partial charge in [0.1, 0.15) is 0 Å². The van der Waals surface area contributed by atoms with Gasteiger partial charge in [-0.15, -0.1) is 0 Å². The predicted octanol–water partition coefficient (Wildman–Crippen LogP) is 0.722. The summed E-state index contributed by atoms with van der Waals surface area (Å²) < 4.78 is 0. The van der Waals surface area contributed by atoms with Gasteiger partial charge in [0.25, 0.3) is 5.91 Å². The molecule has 0 aromatic heterocycles. The summed E-state index contributed by atoms with van der Waals surface area (Å²) in [6, 6.07) is 6.89. The van der Waals surface area contributed by atoms with Gasteiger partial charge >= 0.3 is 0 Å². The average molecular weight is 235 g/mol. The summed E-state index contributed by atoms with van der Waals surface area (Å²) in [6.45, 7) is 1.74. The zero-order valence-electron chi connectivity index (χ0n) is 9.99. The standard InChI is InChI=1S/C12H17N3O2/c1-8(7-11(13)16)15-12(17)9-5-3-4-6-10(9)14-2/h3-6,8,14H,7H2,1-2H3,(H2,13,16)(H,15,17). The fraction of sp³-hybridized carbons (Fsp3) is 0.333. The Morgan fingerprint density at radius 1 is 1.35 bits per heavy atom. The molecule has 1 aromatic carbocycles. The van der Waals surface area contributed by atoms with Crippen LogP contribution in [0.4, 0.5) is 5.69 Å². The molecule has 0 heterocycles. The van der Waals surface area contributed by atoms with Gasteiger partial charge in [0.2, 0.25) is 5.91 Å². The van der Waals surface area contributed by atoms with Gasteiger partial charge in [-0.25, -0.2) is 0 Å². The van der Waals surface area contributed by atoms with Gasteiger partial charge in [0.15, 0.2) is 0 Å². The summed E-state index contributed by atoms with van der Waals surface area (Å²) in [5, 5.41) is 5.66. The molecule has 92 valence electrons. The largest absolute Gasteiger partial charge is 0.387 e. The van der Waals surface area contributed by atoms with Gasteiger partial charge < -0.3 is 16.4 Å². The van der Waals surface area contributed by atoms with Gasteiger partial charge in [0.05, 0.1) is 5.56 Å². The molecular formula is C12H17N3O2. The van der Waals surface area contributed by atoms with Crippen molar-refractivity contribution < 1.29 is 9.59 Å². The Morgan fingerprint density at radius 3 is 2.59 bits per heavy atom. The van der Waals surface area contributed by atoms with E-state index in [1.165, 1.54) is 0 Å². The number of hydrogen-bond donors (Lipinski definition) is 3. The van der Waals surface area contributed by atoms with Crippen LogP contribution in [0, 0.1) is 0 Å². The highest BCUT2D eigenvalue weighted by Crippen LogP contribution is 2.14.